The van der Waals surface area contributed by atoms with Crippen LogP contribution in [0.4, 0.5) is 0 Å². The highest BCUT2D eigenvalue weighted by molar-refractivity contribution is 7.99. The van der Waals surface area contributed by atoms with Crippen molar-refractivity contribution < 1.29 is 4.79 Å². The monoisotopic (exact) mass is 228 g/mol. The summed E-state index contributed by atoms with van der Waals surface area (Å²) < 4.78 is 0. The molecule has 0 saturated heterocycles. The van der Waals surface area contributed by atoms with Gasteiger partial charge in [-0.3, -0.25) is 4.79 Å². The van der Waals surface area contributed by atoms with E-state index in [1.165, 1.54) is 0 Å². The summed E-state index contributed by atoms with van der Waals surface area (Å²) in [7, 11) is 0. The fourth-order valence-electron chi connectivity index (χ4n) is 1.01. The van der Waals surface area contributed by atoms with E-state index in [-0.39, 0.29) is 11.8 Å². The summed E-state index contributed by atoms with van der Waals surface area (Å²) in [5.41, 5.74) is 5.76. The lowest BCUT2D eigenvalue weighted by Gasteiger charge is -2.17. The van der Waals surface area contributed by atoms with Crippen LogP contribution in [0.3, 0.4) is 0 Å². The Kier molecular flexibility index (Phi) is 8.25. The average molecular weight is 228 g/mol. The first-order valence-electron chi connectivity index (χ1n) is 5.18. The first-order chi connectivity index (χ1) is 7.13. The van der Waals surface area contributed by atoms with Crippen molar-refractivity contribution in [2.24, 2.45) is 11.7 Å². The molecule has 0 fully saturated rings. The number of nitrogens with two attached hydrogens (primary N) is 1. The number of nitrogens with one attached hydrogen (secondary N) is 1. The number of hydrogen-bond donors (Lipinski definition) is 2. The van der Waals surface area contributed by atoms with Gasteiger partial charge < -0.3 is 11.1 Å². The summed E-state index contributed by atoms with van der Waals surface area (Å²) in [5.74, 6) is 4.22. The van der Waals surface area contributed by atoms with Crippen molar-refractivity contribution in [1.29, 1.82) is 0 Å². The maximum atomic E-state index is 11.5. The van der Waals surface area contributed by atoms with Crippen LogP contribution in [0.25, 0.3) is 0 Å². The molecule has 15 heavy (non-hydrogen) atoms. The Morgan fingerprint density at radius 1 is 1.67 bits per heavy atom. The van der Waals surface area contributed by atoms with Crippen LogP contribution in [0.1, 0.15) is 20.3 Å². The van der Waals surface area contributed by atoms with Crippen molar-refractivity contribution >= 4 is 17.7 Å². The Bertz CT molecular complexity index is 225. The van der Waals surface area contributed by atoms with Gasteiger partial charge in [-0.25, -0.2) is 0 Å². The van der Waals surface area contributed by atoms with E-state index in [4.69, 9.17) is 12.2 Å². The minimum absolute atomic E-state index is 0.0642. The summed E-state index contributed by atoms with van der Waals surface area (Å²) in [6.07, 6.45) is 6.02. The number of carbonyl (C=O) groups excluding carboxylic acids is 1. The topological polar surface area (TPSA) is 55.1 Å². The van der Waals surface area contributed by atoms with Crippen molar-refractivity contribution in [2.75, 3.05) is 18.1 Å². The number of thioether (sulfide) groups is 1. The van der Waals surface area contributed by atoms with E-state index in [0.717, 1.165) is 12.2 Å². The van der Waals surface area contributed by atoms with Gasteiger partial charge in [-0.1, -0.05) is 26.2 Å². The smallest absolute Gasteiger partial charge is 0.237 e. The predicted octanol–water partition coefficient (Wildman–Crippen LogP) is 0.842. The first kappa shape index (κ1) is 14.3. The van der Waals surface area contributed by atoms with Crippen LogP contribution in [-0.2, 0) is 4.79 Å². The summed E-state index contributed by atoms with van der Waals surface area (Å²) in [6, 6.07) is -0.396. The maximum absolute atomic E-state index is 11.5. The zero-order chi connectivity index (χ0) is 11.7. The summed E-state index contributed by atoms with van der Waals surface area (Å²) in [6.45, 7) is 4.65. The van der Waals surface area contributed by atoms with Gasteiger partial charge in [-0.15, -0.1) is 18.2 Å². The van der Waals surface area contributed by atoms with Crippen LogP contribution in [0.2, 0.25) is 0 Å². The third kappa shape index (κ3) is 6.43. The van der Waals surface area contributed by atoms with Gasteiger partial charge in [0.2, 0.25) is 5.91 Å². The van der Waals surface area contributed by atoms with E-state index >= 15 is 0 Å². The van der Waals surface area contributed by atoms with Gasteiger partial charge in [-0.2, -0.15) is 0 Å². The first-order valence-corrected chi connectivity index (χ1v) is 6.33. The van der Waals surface area contributed by atoms with E-state index in [9.17, 15) is 4.79 Å². The van der Waals surface area contributed by atoms with Crippen molar-refractivity contribution in [3.05, 3.63) is 0 Å². The molecule has 0 aliphatic heterocycles. The van der Waals surface area contributed by atoms with E-state index in [1.807, 2.05) is 13.8 Å². The van der Waals surface area contributed by atoms with Gasteiger partial charge in [0.05, 0.1) is 11.8 Å². The van der Waals surface area contributed by atoms with Gasteiger partial charge in [0, 0.05) is 12.3 Å². The molecule has 0 aromatic heterocycles. The van der Waals surface area contributed by atoms with E-state index in [0.29, 0.717) is 12.3 Å². The van der Waals surface area contributed by atoms with Crippen LogP contribution in [0, 0.1) is 18.3 Å². The molecule has 0 saturated carbocycles. The molecule has 0 aliphatic rings. The maximum Gasteiger partial charge on any atom is 0.237 e. The molecule has 0 aliphatic carbocycles. The number of hydrogen-bond acceptors (Lipinski definition) is 3. The van der Waals surface area contributed by atoms with E-state index in [2.05, 4.69) is 11.2 Å². The lowest BCUT2D eigenvalue weighted by Crippen LogP contribution is -2.45. The van der Waals surface area contributed by atoms with Crippen LogP contribution >= 0.6 is 11.8 Å². The molecule has 0 rings (SSSR count). The summed E-state index contributed by atoms with van der Waals surface area (Å²) in [4.78, 5) is 11.5. The lowest BCUT2D eigenvalue weighted by atomic mass is 9.99. The zero-order valence-corrected chi connectivity index (χ0v) is 10.3. The Balaban J connectivity index is 3.61. The Morgan fingerprint density at radius 3 is 2.87 bits per heavy atom. The molecule has 0 heterocycles. The Labute approximate surface area is 96.6 Å². The largest absolute Gasteiger partial charge is 0.354 e. The molecule has 1 amide bonds. The fourth-order valence-corrected chi connectivity index (χ4v) is 1.52. The highest BCUT2D eigenvalue weighted by atomic mass is 32.2. The van der Waals surface area contributed by atoms with Gasteiger partial charge in [0.1, 0.15) is 0 Å². The normalized spacial score (nSPS) is 14.0. The molecule has 0 radical (unpaired) electrons. The summed E-state index contributed by atoms with van der Waals surface area (Å²) >= 11 is 1.63. The molecule has 3 N–H and O–H groups in total. The quantitative estimate of drug-likeness (QED) is 0.501. The number of amides is 1. The van der Waals surface area contributed by atoms with Crippen molar-refractivity contribution in [3.8, 4) is 12.3 Å². The fraction of sp³-hybridized carbons (Fsp3) is 0.727. The zero-order valence-electron chi connectivity index (χ0n) is 9.45. The number of terminal acetylenes is 1. The van der Waals surface area contributed by atoms with E-state index in [1.54, 1.807) is 11.8 Å². The minimum Gasteiger partial charge on any atom is -0.354 e. The second-order valence-corrected chi connectivity index (χ2v) is 4.56. The van der Waals surface area contributed by atoms with E-state index < -0.39 is 6.04 Å². The molecule has 0 aromatic carbocycles. The second-order valence-electron chi connectivity index (χ2n) is 3.46. The van der Waals surface area contributed by atoms with Gasteiger partial charge >= 0.3 is 0 Å². The molecule has 0 bridgehead atoms. The van der Waals surface area contributed by atoms with Crippen molar-refractivity contribution in [2.45, 2.75) is 26.3 Å². The third-order valence-electron chi connectivity index (χ3n) is 2.29. The predicted molar refractivity (Wildman–Crippen MR) is 66.6 cm³/mol. The second kappa shape index (κ2) is 8.63. The minimum atomic E-state index is -0.396. The SMILES string of the molecule is C#CCSCCNC(=O)[C@@H](N)[C@@H](C)CC. The molecule has 0 spiro atoms. The average Bonchev–Trinajstić information content (AvgIpc) is 2.26. The van der Waals surface area contributed by atoms with Gasteiger partial charge in [-0.05, 0) is 5.92 Å². The Morgan fingerprint density at radius 2 is 2.33 bits per heavy atom. The van der Waals surface area contributed by atoms with Crippen LogP contribution < -0.4 is 11.1 Å². The Hall–Kier alpha value is -0.660. The van der Waals surface area contributed by atoms with Crippen LogP contribution in [-0.4, -0.2) is 30.0 Å². The molecule has 86 valence electrons. The number of carbonyl (C=O) groups is 1. The van der Waals surface area contributed by atoms with Crippen LogP contribution in [0.15, 0.2) is 0 Å². The van der Waals surface area contributed by atoms with Gasteiger partial charge in [0.15, 0.2) is 0 Å². The third-order valence-corrected chi connectivity index (χ3v) is 3.15. The molecule has 3 nitrogen and oxygen atoms in total. The standard InChI is InChI=1S/C11H20N2OS/c1-4-7-15-8-6-13-11(14)10(12)9(3)5-2/h1,9-10H,5-8,12H2,2-3H3,(H,13,14)/t9-,10-/m0/s1. The molecule has 2 atom stereocenters. The van der Waals surface area contributed by atoms with Crippen LogP contribution in [0.5, 0.6) is 0 Å². The molecular weight excluding hydrogens is 208 g/mol. The molecule has 4 heteroatoms. The molecular formula is C11H20N2OS. The highest BCUT2D eigenvalue weighted by Gasteiger charge is 2.18. The number of rotatable bonds is 7. The summed E-state index contributed by atoms with van der Waals surface area (Å²) in [5, 5.41) is 2.80. The molecule has 0 unspecified atom stereocenters. The van der Waals surface area contributed by atoms with Crippen molar-refractivity contribution in [3.63, 3.8) is 0 Å². The highest BCUT2D eigenvalue weighted by Crippen LogP contribution is 2.05. The van der Waals surface area contributed by atoms with Crippen molar-refractivity contribution in [1.82, 2.24) is 5.32 Å². The van der Waals surface area contributed by atoms with Gasteiger partial charge in [0.25, 0.3) is 0 Å². The molecule has 0 aromatic rings. The lowest BCUT2D eigenvalue weighted by molar-refractivity contribution is -0.123.